The number of hydrogen-bond acceptors (Lipinski definition) is 4. The summed E-state index contributed by atoms with van der Waals surface area (Å²) in [5, 5.41) is 2.77. The zero-order valence-electron chi connectivity index (χ0n) is 17.2. The van der Waals surface area contributed by atoms with Crippen molar-refractivity contribution in [3.8, 4) is 5.69 Å². The van der Waals surface area contributed by atoms with Crippen LogP contribution in [0.5, 0.6) is 0 Å². The molecule has 2 aromatic carbocycles. The van der Waals surface area contributed by atoms with Gasteiger partial charge in [-0.05, 0) is 74.4 Å². The molecule has 0 saturated heterocycles. The Morgan fingerprint density at radius 1 is 1.06 bits per heavy atom. The third-order valence-corrected chi connectivity index (χ3v) is 5.39. The fraction of sp³-hybridized carbons (Fsp3) is 0.208. The summed E-state index contributed by atoms with van der Waals surface area (Å²) in [4.78, 5) is 36.6. The molecule has 0 unspecified atom stereocenters. The fourth-order valence-electron chi connectivity index (χ4n) is 3.81. The van der Waals surface area contributed by atoms with Gasteiger partial charge in [-0.15, -0.1) is 0 Å². The van der Waals surface area contributed by atoms with Crippen molar-refractivity contribution in [3.63, 3.8) is 0 Å². The van der Waals surface area contributed by atoms with Crippen molar-refractivity contribution in [1.82, 2.24) is 4.57 Å². The molecule has 0 spiro atoms. The highest BCUT2D eigenvalue weighted by atomic mass is 19.1. The number of hydrogen-bond donors (Lipinski definition) is 1. The van der Waals surface area contributed by atoms with Gasteiger partial charge in [0.2, 0.25) is 5.91 Å². The molecule has 1 amide bonds. The topological polar surface area (TPSA) is 77.4 Å². The van der Waals surface area contributed by atoms with E-state index in [1.54, 1.807) is 43.3 Å². The van der Waals surface area contributed by atoms with Crippen molar-refractivity contribution in [2.75, 3.05) is 11.9 Å². The van der Waals surface area contributed by atoms with Gasteiger partial charge in [-0.3, -0.25) is 9.59 Å². The van der Waals surface area contributed by atoms with Crippen LogP contribution >= 0.6 is 0 Å². The highest BCUT2D eigenvalue weighted by molar-refractivity contribution is 6.01. The number of amides is 1. The number of aromatic nitrogens is 1. The molecular weight excluding hydrogens is 399 g/mol. The number of carbonyl (C=O) groups is 3. The van der Waals surface area contributed by atoms with Crippen molar-refractivity contribution in [3.05, 3.63) is 82.4 Å². The normalized spacial score (nSPS) is 12.8. The number of nitrogens with zero attached hydrogens (tertiary/aromatic N) is 1. The monoisotopic (exact) mass is 420 g/mol. The molecule has 1 N–H and O–H groups in total. The molecule has 0 atom stereocenters. The van der Waals surface area contributed by atoms with Gasteiger partial charge in [-0.1, -0.05) is 0 Å². The lowest BCUT2D eigenvalue weighted by Gasteiger charge is -2.17. The molecule has 31 heavy (non-hydrogen) atoms. The Balaban J connectivity index is 1.47. The number of esters is 1. The molecule has 158 valence electrons. The summed E-state index contributed by atoms with van der Waals surface area (Å²) < 4.78 is 20.3. The Kier molecular flexibility index (Phi) is 5.42. The zero-order valence-corrected chi connectivity index (χ0v) is 17.2. The van der Waals surface area contributed by atoms with Crippen LogP contribution in [0.4, 0.5) is 10.1 Å². The van der Waals surface area contributed by atoms with Gasteiger partial charge < -0.3 is 14.6 Å². The van der Waals surface area contributed by atoms with Crippen LogP contribution in [0, 0.1) is 19.7 Å². The third-order valence-electron chi connectivity index (χ3n) is 5.39. The van der Waals surface area contributed by atoms with Gasteiger partial charge in [-0.25, -0.2) is 9.18 Å². The average molecular weight is 420 g/mol. The molecule has 1 aliphatic heterocycles. The highest BCUT2D eigenvalue weighted by Gasteiger charge is 2.21. The van der Waals surface area contributed by atoms with Gasteiger partial charge in [0.05, 0.1) is 5.56 Å². The lowest BCUT2D eigenvalue weighted by atomic mass is 9.99. The number of nitrogens with one attached hydrogen (secondary N) is 1. The summed E-state index contributed by atoms with van der Waals surface area (Å²) in [5.41, 5.74) is 4.54. The molecule has 0 aliphatic carbocycles. The van der Waals surface area contributed by atoms with E-state index >= 15 is 0 Å². The second kappa shape index (κ2) is 8.18. The van der Waals surface area contributed by atoms with Crippen LogP contribution in [0.2, 0.25) is 0 Å². The van der Waals surface area contributed by atoms with E-state index in [4.69, 9.17) is 4.74 Å². The maximum Gasteiger partial charge on any atom is 0.340 e. The number of ether oxygens (including phenoxy) is 1. The van der Waals surface area contributed by atoms with E-state index < -0.39 is 5.97 Å². The molecule has 1 aromatic heterocycles. The van der Waals surface area contributed by atoms with E-state index in [1.807, 2.05) is 11.5 Å². The van der Waals surface area contributed by atoms with Gasteiger partial charge in [0.15, 0.2) is 12.4 Å². The third kappa shape index (κ3) is 4.12. The second-order valence-electron chi connectivity index (χ2n) is 7.52. The molecule has 0 bridgehead atoms. The number of aryl methyl sites for hydroxylation is 2. The zero-order chi connectivity index (χ0) is 22.1. The van der Waals surface area contributed by atoms with Crippen LogP contribution in [0.25, 0.3) is 5.69 Å². The van der Waals surface area contributed by atoms with E-state index in [2.05, 4.69) is 5.32 Å². The summed E-state index contributed by atoms with van der Waals surface area (Å²) in [7, 11) is 0. The van der Waals surface area contributed by atoms with Gasteiger partial charge in [0, 0.05) is 34.7 Å². The number of ketones is 1. The Bertz CT molecular complexity index is 1200. The van der Waals surface area contributed by atoms with Gasteiger partial charge in [-0.2, -0.15) is 0 Å². The summed E-state index contributed by atoms with van der Waals surface area (Å²) in [5.74, 6) is -1.30. The van der Waals surface area contributed by atoms with E-state index in [9.17, 15) is 18.8 Å². The lowest BCUT2D eigenvalue weighted by molar-refractivity contribution is -0.116. The predicted octanol–water partition coefficient (Wildman–Crippen LogP) is 4.16. The Hall–Kier alpha value is -3.74. The second-order valence-corrected chi connectivity index (χ2v) is 7.52. The molecule has 0 radical (unpaired) electrons. The van der Waals surface area contributed by atoms with Crippen molar-refractivity contribution >= 4 is 23.3 Å². The standard InChI is InChI=1S/C24H21FN2O4/c1-14-11-20(15(2)27(14)19-7-5-18(25)6-8-19)24(30)31-13-22(28)17-3-9-21-16(12-17)4-10-23(29)26-21/h3,5-9,11-12H,4,10,13H2,1-2H3,(H,26,29). The minimum absolute atomic E-state index is 0.0428. The summed E-state index contributed by atoms with van der Waals surface area (Å²) in [6.07, 6.45) is 0.945. The number of carbonyl (C=O) groups excluding carboxylic acids is 3. The summed E-state index contributed by atoms with van der Waals surface area (Å²) in [6, 6.07) is 12.7. The largest absolute Gasteiger partial charge is 0.454 e. The Labute approximate surface area is 178 Å². The first-order valence-corrected chi connectivity index (χ1v) is 9.91. The summed E-state index contributed by atoms with van der Waals surface area (Å²) >= 11 is 0. The summed E-state index contributed by atoms with van der Waals surface area (Å²) in [6.45, 7) is 3.22. The Morgan fingerprint density at radius 2 is 1.81 bits per heavy atom. The van der Waals surface area contributed by atoms with E-state index in [-0.39, 0.29) is 24.1 Å². The average Bonchev–Trinajstić information content (AvgIpc) is 3.06. The number of rotatable bonds is 5. The van der Waals surface area contributed by atoms with Crippen molar-refractivity contribution in [2.24, 2.45) is 0 Å². The molecule has 7 heteroatoms. The molecule has 3 aromatic rings. The van der Waals surface area contributed by atoms with Gasteiger partial charge >= 0.3 is 5.97 Å². The first-order chi connectivity index (χ1) is 14.8. The highest BCUT2D eigenvalue weighted by Crippen LogP contribution is 2.24. The fourth-order valence-corrected chi connectivity index (χ4v) is 3.81. The number of benzene rings is 2. The molecule has 6 nitrogen and oxygen atoms in total. The smallest absolute Gasteiger partial charge is 0.340 e. The minimum Gasteiger partial charge on any atom is -0.454 e. The number of anilines is 1. The number of halogens is 1. The van der Waals surface area contributed by atoms with Crippen LogP contribution in [0.1, 0.15) is 44.1 Å². The van der Waals surface area contributed by atoms with Crippen LogP contribution in [-0.2, 0) is 16.0 Å². The van der Waals surface area contributed by atoms with Crippen LogP contribution in [-0.4, -0.2) is 28.8 Å². The molecule has 1 aliphatic rings. The molecule has 4 rings (SSSR count). The molecule has 2 heterocycles. The number of Topliss-reactive ketones (excluding diaryl/α,β-unsaturated/α-hetero) is 1. The predicted molar refractivity (Wildman–Crippen MR) is 113 cm³/mol. The van der Waals surface area contributed by atoms with E-state index in [0.29, 0.717) is 35.3 Å². The van der Waals surface area contributed by atoms with E-state index in [1.165, 1.54) is 12.1 Å². The molecule has 0 fully saturated rings. The van der Waals surface area contributed by atoms with Gasteiger partial charge in [0.25, 0.3) is 0 Å². The van der Waals surface area contributed by atoms with Crippen LogP contribution < -0.4 is 5.32 Å². The Morgan fingerprint density at radius 3 is 2.55 bits per heavy atom. The van der Waals surface area contributed by atoms with Gasteiger partial charge in [0.1, 0.15) is 5.82 Å². The minimum atomic E-state index is -0.597. The van der Waals surface area contributed by atoms with Crippen molar-refractivity contribution in [2.45, 2.75) is 26.7 Å². The first kappa shape index (κ1) is 20.5. The van der Waals surface area contributed by atoms with Crippen LogP contribution in [0.3, 0.4) is 0 Å². The lowest BCUT2D eigenvalue weighted by Crippen LogP contribution is -2.20. The van der Waals surface area contributed by atoms with Crippen molar-refractivity contribution < 1.29 is 23.5 Å². The maximum absolute atomic E-state index is 13.2. The first-order valence-electron chi connectivity index (χ1n) is 9.91. The number of fused-ring (bicyclic) bond motifs is 1. The SMILES string of the molecule is Cc1cc(C(=O)OCC(=O)c2ccc3c(c2)CCC(=O)N3)c(C)n1-c1ccc(F)cc1. The maximum atomic E-state index is 13.2. The van der Waals surface area contributed by atoms with Crippen LogP contribution in [0.15, 0.2) is 48.5 Å². The molecular formula is C24H21FN2O4. The quantitative estimate of drug-likeness (QED) is 0.497. The van der Waals surface area contributed by atoms with Crippen molar-refractivity contribution in [1.29, 1.82) is 0 Å². The van der Waals surface area contributed by atoms with E-state index in [0.717, 1.165) is 16.9 Å². The molecule has 0 saturated carbocycles.